The fourth-order valence-electron chi connectivity index (χ4n) is 5.64. The monoisotopic (exact) mass is 455 g/mol. The van der Waals surface area contributed by atoms with Crippen molar-refractivity contribution in [3.63, 3.8) is 0 Å². The minimum absolute atomic E-state index is 0.551. The van der Waals surface area contributed by atoms with E-state index in [4.69, 9.17) is 0 Å². The van der Waals surface area contributed by atoms with Gasteiger partial charge in [-0.1, -0.05) is 105 Å². The Labute approximate surface area is 210 Å². The Morgan fingerprint density at radius 2 is 1.17 bits per heavy atom. The number of rotatable bonds is 7. The van der Waals surface area contributed by atoms with Gasteiger partial charge in [0.25, 0.3) is 0 Å². The van der Waals surface area contributed by atoms with Gasteiger partial charge in [0, 0.05) is 5.69 Å². The summed E-state index contributed by atoms with van der Waals surface area (Å²) in [4.78, 5) is 2.27. The molecule has 0 N–H and O–H groups in total. The number of para-hydroxylation sites is 1. The van der Waals surface area contributed by atoms with Crippen LogP contribution in [-0.2, 0) is 5.41 Å². The summed E-state index contributed by atoms with van der Waals surface area (Å²) < 4.78 is 0. The molecule has 0 atom stereocenters. The Balaban J connectivity index is 2.30. The first-order chi connectivity index (χ1) is 17.1. The second kappa shape index (κ2) is 10.0. The smallest absolute Gasteiger partial charge is 0.0753 e. The Morgan fingerprint density at radius 1 is 0.629 bits per heavy atom. The van der Waals surface area contributed by atoms with Crippen LogP contribution in [0.15, 0.2) is 157 Å². The second-order valence-electron chi connectivity index (χ2n) is 8.50. The summed E-state index contributed by atoms with van der Waals surface area (Å²) in [5.41, 5.74) is 9.76. The summed E-state index contributed by atoms with van der Waals surface area (Å²) in [7, 11) is 0. The van der Waals surface area contributed by atoms with E-state index in [-0.39, 0.29) is 0 Å². The quantitative estimate of drug-likeness (QED) is 0.402. The van der Waals surface area contributed by atoms with Gasteiger partial charge in [-0.25, -0.2) is 0 Å². The van der Waals surface area contributed by atoms with Gasteiger partial charge in [0.05, 0.1) is 16.8 Å². The van der Waals surface area contributed by atoms with Crippen molar-refractivity contribution in [3.05, 3.63) is 168 Å². The van der Waals surface area contributed by atoms with E-state index in [0.717, 1.165) is 17.1 Å². The molecule has 2 aromatic rings. The van der Waals surface area contributed by atoms with Crippen molar-refractivity contribution in [1.82, 2.24) is 0 Å². The Hall–Kier alpha value is -4.10. The highest BCUT2D eigenvalue weighted by atomic mass is 15.2. The standard InChI is InChI=1S/C34H33N/c1-7-18-26-27-23-16-17-24-29(27)34(28(26)10-4)30(19-8-2)32(11-5)35(25-21-14-13-15-22-25)33(12-6)31(34)20-9-3/h7-24H,4-6H2,1-3H3/b18-7-,19-8-,20-9-. The predicted molar refractivity (Wildman–Crippen MR) is 153 cm³/mol. The molecule has 1 spiro atoms. The zero-order chi connectivity index (χ0) is 25.0. The molecule has 1 aliphatic heterocycles. The predicted octanol–water partition coefficient (Wildman–Crippen LogP) is 9.01. The van der Waals surface area contributed by atoms with Gasteiger partial charge >= 0.3 is 0 Å². The van der Waals surface area contributed by atoms with Crippen LogP contribution in [0.1, 0.15) is 31.9 Å². The third kappa shape index (κ3) is 3.47. The molecule has 1 heterocycles. The van der Waals surface area contributed by atoms with Crippen LogP contribution in [0, 0.1) is 0 Å². The number of hydrogen-bond acceptors (Lipinski definition) is 1. The highest BCUT2D eigenvalue weighted by Crippen LogP contribution is 2.60. The lowest BCUT2D eigenvalue weighted by molar-refractivity contribution is 0.716. The van der Waals surface area contributed by atoms with Crippen LogP contribution in [0.2, 0.25) is 0 Å². The minimum Gasteiger partial charge on any atom is -0.310 e. The molecule has 1 heteroatoms. The third-order valence-corrected chi connectivity index (χ3v) is 6.76. The number of nitrogens with zero attached hydrogens (tertiary/aromatic N) is 1. The second-order valence-corrected chi connectivity index (χ2v) is 8.50. The Morgan fingerprint density at radius 3 is 1.69 bits per heavy atom. The lowest BCUT2D eigenvalue weighted by Gasteiger charge is -2.46. The van der Waals surface area contributed by atoms with Crippen LogP contribution in [0.3, 0.4) is 0 Å². The highest BCUT2D eigenvalue weighted by Gasteiger charge is 2.52. The molecule has 2 aromatic carbocycles. The van der Waals surface area contributed by atoms with Crippen molar-refractivity contribution >= 4 is 11.3 Å². The summed E-state index contributed by atoms with van der Waals surface area (Å²) in [5, 5.41) is 0. The maximum absolute atomic E-state index is 4.33. The third-order valence-electron chi connectivity index (χ3n) is 6.76. The molecule has 174 valence electrons. The topological polar surface area (TPSA) is 3.24 Å². The van der Waals surface area contributed by atoms with Crippen molar-refractivity contribution in [2.45, 2.75) is 26.2 Å². The zero-order valence-electron chi connectivity index (χ0n) is 21.0. The molecule has 1 nitrogen and oxygen atoms in total. The first-order valence-corrected chi connectivity index (χ1v) is 12.1. The van der Waals surface area contributed by atoms with Gasteiger partial charge in [0.15, 0.2) is 0 Å². The summed E-state index contributed by atoms with van der Waals surface area (Å²) in [6.45, 7) is 19.1. The van der Waals surface area contributed by atoms with E-state index in [1.165, 1.54) is 33.4 Å². The van der Waals surface area contributed by atoms with Crippen LogP contribution >= 0.6 is 0 Å². The van der Waals surface area contributed by atoms with Gasteiger partial charge in [-0.05, 0) is 78.5 Å². The fourth-order valence-corrected chi connectivity index (χ4v) is 5.64. The van der Waals surface area contributed by atoms with Gasteiger partial charge in [0.2, 0.25) is 0 Å². The number of allylic oxidation sites excluding steroid dienone is 13. The molecule has 2 aliphatic rings. The molecular formula is C34H33N. The molecule has 0 radical (unpaired) electrons. The minimum atomic E-state index is -0.551. The average molecular weight is 456 g/mol. The molecule has 35 heavy (non-hydrogen) atoms. The molecule has 1 aliphatic carbocycles. The molecular weight excluding hydrogens is 422 g/mol. The van der Waals surface area contributed by atoms with Crippen LogP contribution in [0.25, 0.3) is 5.57 Å². The molecule has 0 aromatic heterocycles. The van der Waals surface area contributed by atoms with E-state index >= 15 is 0 Å². The van der Waals surface area contributed by atoms with Crippen molar-refractivity contribution in [1.29, 1.82) is 0 Å². The van der Waals surface area contributed by atoms with E-state index in [2.05, 4.69) is 130 Å². The van der Waals surface area contributed by atoms with Crippen molar-refractivity contribution < 1.29 is 0 Å². The van der Waals surface area contributed by atoms with Gasteiger partial charge < -0.3 is 4.90 Å². The maximum atomic E-state index is 4.33. The number of anilines is 1. The average Bonchev–Trinajstić information content (AvgIpc) is 3.17. The van der Waals surface area contributed by atoms with Gasteiger partial charge in [-0.15, -0.1) is 0 Å². The SMILES string of the molecule is C=CC1=C(/C=C\C)C2(C(C=C)=C(/C=C\C)c3ccccc32)C(/C=C\C)=C(C=C)N1c1ccccc1. The van der Waals surface area contributed by atoms with Gasteiger partial charge in [-0.2, -0.15) is 0 Å². The molecule has 0 fully saturated rings. The number of hydrogen-bond donors (Lipinski definition) is 0. The maximum Gasteiger partial charge on any atom is 0.0753 e. The summed E-state index contributed by atoms with van der Waals surface area (Å²) in [6, 6.07) is 19.1. The molecule has 0 bridgehead atoms. The van der Waals surface area contributed by atoms with Gasteiger partial charge in [-0.3, -0.25) is 0 Å². The van der Waals surface area contributed by atoms with E-state index in [1.54, 1.807) is 0 Å². The van der Waals surface area contributed by atoms with Crippen LogP contribution in [0.5, 0.6) is 0 Å². The van der Waals surface area contributed by atoms with E-state index in [0.29, 0.717) is 0 Å². The lowest BCUT2D eigenvalue weighted by Crippen LogP contribution is -2.40. The first kappa shape index (κ1) is 24.0. The lowest BCUT2D eigenvalue weighted by atomic mass is 9.62. The van der Waals surface area contributed by atoms with E-state index < -0.39 is 5.41 Å². The molecule has 0 saturated carbocycles. The van der Waals surface area contributed by atoms with Gasteiger partial charge in [0.1, 0.15) is 0 Å². The van der Waals surface area contributed by atoms with Crippen molar-refractivity contribution in [2.24, 2.45) is 0 Å². The normalized spacial score (nSPS) is 17.4. The fraction of sp³-hybridized carbons (Fsp3) is 0.118. The first-order valence-electron chi connectivity index (χ1n) is 12.1. The van der Waals surface area contributed by atoms with Crippen molar-refractivity contribution in [3.8, 4) is 0 Å². The largest absolute Gasteiger partial charge is 0.310 e. The van der Waals surface area contributed by atoms with E-state index in [1.807, 2.05) is 24.3 Å². The molecule has 0 amide bonds. The van der Waals surface area contributed by atoms with Crippen LogP contribution in [0.4, 0.5) is 5.69 Å². The number of fused-ring (bicyclic) bond motifs is 2. The molecule has 0 saturated heterocycles. The number of benzene rings is 2. The summed E-state index contributed by atoms with van der Waals surface area (Å²) in [5.74, 6) is 0. The highest BCUT2D eigenvalue weighted by molar-refractivity contribution is 5.94. The van der Waals surface area contributed by atoms with E-state index in [9.17, 15) is 0 Å². The summed E-state index contributed by atoms with van der Waals surface area (Å²) >= 11 is 0. The van der Waals surface area contributed by atoms with Crippen molar-refractivity contribution in [2.75, 3.05) is 4.90 Å². The van der Waals surface area contributed by atoms with Crippen LogP contribution < -0.4 is 4.90 Å². The molecule has 0 unspecified atom stereocenters. The van der Waals surface area contributed by atoms with Crippen LogP contribution in [-0.4, -0.2) is 0 Å². The Bertz CT molecular complexity index is 1310. The summed E-state index contributed by atoms with van der Waals surface area (Å²) in [6.07, 6.45) is 19.0. The molecule has 4 rings (SSSR count). The Kier molecular flexibility index (Phi) is 6.89. The zero-order valence-corrected chi connectivity index (χ0v) is 21.0.